The quantitative estimate of drug-likeness (QED) is 0.0368. The second-order valence-electron chi connectivity index (χ2n) is 18.4. The van der Waals surface area contributed by atoms with E-state index in [1.165, 1.54) is 0 Å². The zero-order chi connectivity index (χ0) is 53.5. The van der Waals surface area contributed by atoms with Crippen molar-refractivity contribution in [3.8, 4) is 22.3 Å². The molecule has 0 spiro atoms. The van der Waals surface area contributed by atoms with E-state index in [0.29, 0.717) is 38.0 Å². The molecular formula is C61H64N6O9. The van der Waals surface area contributed by atoms with Gasteiger partial charge in [-0.25, -0.2) is 19.2 Å². The molecule has 0 saturated heterocycles. The Kier molecular flexibility index (Phi) is 20.9. The van der Waals surface area contributed by atoms with Crippen LogP contribution in [0.2, 0.25) is 0 Å². The number of fused-ring (bicyclic) bond motifs is 6. The van der Waals surface area contributed by atoms with Gasteiger partial charge in [-0.2, -0.15) is 0 Å². The number of aldehydes is 1. The Balaban J connectivity index is 0.000000205. The maximum absolute atomic E-state index is 12.7. The third-order valence-electron chi connectivity index (χ3n) is 13.2. The van der Waals surface area contributed by atoms with E-state index in [-0.39, 0.29) is 25.0 Å². The summed E-state index contributed by atoms with van der Waals surface area (Å²) in [5, 5.41) is 24.1. The first-order valence-corrected chi connectivity index (χ1v) is 25.7. The average Bonchev–Trinajstić information content (AvgIpc) is 3.95. The number of aliphatic carboxylic acids is 2. The fraction of sp³-hybridized carbons (Fsp3) is 0.279. The Labute approximate surface area is 443 Å². The molecule has 7 aromatic rings. The number of ether oxygens (including phenoxy) is 2. The van der Waals surface area contributed by atoms with Crippen LogP contribution in [0.3, 0.4) is 0 Å². The van der Waals surface area contributed by atoms with Gasteiger partial charge in [-0.3, -0.25) is 24.6 Å². The summed E-state index contributed by atoms with van der Waals surface area (Å²) < 4.78 is 11.0. The highest BCUT2D eigenvalue weighted by Crippen LogP contribution is 2.45. The van der Waals surface area contributed by atoms with E-state index in [1.54, 1.807) is 36.8 Å². The maximum atomic E-state index is 12.7. The molecule has 15 heteroatoms. The van der Waals surface area contributed by atoms with Crippen molar-refractivity contribution in [1.29, 1.82) is 0 Å². The van der Waals surface area contributed by atoms with Crippen LogP contribution in [0.4, 0.5) is 9.59 Å². The highest BCUT2D eigenvalue weighted by atomic mass is 16.6. The number of pyridine rings is 3. The number of carbonyl (C=O) groups is 5. The van der Waals surface area contributed by atoms with Gasteiger partial charge in [0, 0.05) is 43.5 Å². The Hall–Kier alpha value is -8.56. The lowest BCUT2D eigenvalue weighted by atomic mass is 9.98. The zero-order valence-electron chi connectivity index (χ0n) is 42.6. The summed E-state index contributed by atoms with van der Waals surface area (Å²) in [4.78, 5) is 72.9. The number of hydrogen-bond donors (Lipinski definition) is 4. The molecule has 3 heterocycles. The number of carbonyl (C=O) groups excluding carboxylic acids is 3. The molecular weight excluding hydrogens is 961 g/mol. The van der Waals surface area contributed by atoms with Crippen LogP contribution in [0.5, 0.6) is 0 Å². The van der Waals surface area contributed by atoms with Crippen molar-refractivity contribution in [3.05, 3.63) is 210 Å². The van der Waals surface area contributed by atoms with E-state index >= 15 is 0 Å². The first-order valence-electron chi connectivity index (χ1n) is 25.7. The highest BCUT2D eigenvalue weighted by Gasteiger charge is 2.31. The lowest BCUT2D eigenvalue weighted by Crippen LogP contribution is -2.41. The number of benzene rings is 4. The second kappa shape index (κ2) is 28.8. The molecule has 2 unspecified atom stereocenters. The van der Waals surface area contributed by atoms with Crippen LogP contribution in [0.25, 0.3) is 22.3 Å². The summed E-state index contributed by atoms with van der Waals surface area (Å²) in [6, 6.07) is 47.4. The molecule has 0 saturated carbocycles. The van der Waals surface area contributed by atoms with Crippen LogP contribution in [0.1, 0.15) is 108 Å². The number of nitrogens with zero attached hydrogens (tertiary/aromatic N) is 4. The van der Waals surface area contributed by atoms with Gasteiger partial charge in [0.05, 0.1) is 11.4 Å². The largest absolute Gasteiger partial charge is 0.480 e. The molecule has 4 aromatic carbocycles. The molecule has 9 rings (SSSR count). The van der Waals surface area contributed by atoms with E-state index in [9.17, 15) is 34.2 Å². The molecule has 0 bridgehead atoms. The van der Waals surface area contributed by atoms with Crippen LogP contribution >= 0.6 is 0 Å². The normalized spacial score (nSPS) is 12.7. The van der Waals surface area contributed by atoms with Crippen LogP contribution < -0.4 is 10.6 Å². The van der Waals surface area contributed by atoms with Crippen LogP contribution in [-0.2, 0) is 32.2 Å². The minimum atomic E-state index is -1.07. The second-order valence-corrected chi connectivity index (χ2v) is 18.4. The Bertz CT molecular complexity index is 2850. The molecule has 2 aliphatic rings. The van der Waals surface area contributed by atoms with Gasteiger partial charge in [0.2, 0.25) is 0 Å². The number of carboxylic acid groups (broad SMARTS) is 2. The number of carboxylic acids is 2. The number of amides is 2. The van der Waals surface area contributed by atoms with Gasteiger partial charge in [0.1, 0.15) is 31.0 Å². The van der Waals surface area contributed by atoms with Gasteiger partial charge in [-0.15, -0.1) is 0 Å². The summed E-state index contributed by atoms with van der Waals surface area (Å²) in [7, 11) is 0. The van der Waals surface area contributed by atoms with Gasteiger partial charge in [0.15, 0.2) is 6.29 Å². The van der Waals surface area contributed by atoms with Gasteiger partial charge >= 0.3 is 24.1 Å². The fourth-order valence-corrected chi connectivity index (χ4v) is 9.46. The van der Waals surface area contributed by atoms with Crippen LogP contribution in [0.15, 0.2) is 170 Å². The molecule has 76 heavy (non-hydrogen) atoms. The number of aromatic nitrogens is 3. The third kappa shape index (κ3) is 15.7. The van der Waals surface area contributed by atoms with Crippen molar-refractivity contribution in [2.24, 2.45) is 0 Å². The SMILES string of the molecule is CCCCCC(NC(=O)OCC1c2ccccc2-c2ccccc21)C(=O)O.O=C(NC(CCCCN(Cc1ccccn1)Cc1ccccn1)C(=O)O)OCC1c2ccccc2-c2ccccc21.O=Cc1ccccn1. The number of alkyl carbamates (subject to hydrolysis) is 2. The van der Waals surface area contributed by atoms with Crippen molar-refractivity contribution < 1.29 is 43.7 Å². The van der Waals surface area contributed by atoms with Crippen molar-refractivity contribution in [2.75, 3.05) is 19.8 Å². The predicted molar refractivity (Wildman–Crippen MR) is 289 cm³/mol. The lowest BCUT2D eigenvalue weighted by Gasteiger charge is -2.22. The van der Waals surface area contributed by atoms with Crippen molar-refractivity contribution in [2.45, 2.75) is 88.9 Å². The van der Waals surface area contributed by atoms with Gasteiger partial charge in [-0.05, 0) is 113 Å². The number of unbranched alkanes of at least 4 members (excludes halogenated alkanes) is 3. The monoisotopic (exact) mass is 1020 g/mol. The molecule has 3 aromatic heterocycles. The summed E-state index contributed by atoms with van der Waals surface area (Å²) in [6.45, 7) is 4.44. The smallest absolute Gasteiger partial charge is 0.407 e. The van der Waals surface area contributed by atoms with E-state index in [4.69, 9.17) is 9.47 Å². The summed E-state index contributed by atoms with van der Waals surface area (Å²) in [5.74, 6) is -2.22. The minimum absolute atomic E-state index is 0.0356. The first-order chi connectivity index (χ1) is 37.1. The average molecular weight is 1030 g/mol. The zero-order valence-corrected chi connectivity index (χ0v) is 42.6. The molecule has 4 N–H and O–H groups in total. The molecule has 15 nitrogen and oxygen atoms in total. The van der Waals surface area contributed by atoms with E-state index in [2.05, 4.69) is 61.7 Å². The third-order valence-corrected chi connectivity index (χ3v) is 13.2. The number of nitrogens with one attached hydrogen (secondary N) is 2. The molecule has 0 fully saturated rings. The molecule has 2 atom stereocenters. The molecule has 2 amide bonds. The topological polar surface area (TPSA) is 210 Å². The molecule has 2 aliphatic carbocycles. The van der Waals surface area contributed by atoms with Crippen molar-refractivity contribution in [1.82, 2.24) is 30.5 Å². The fourth-order valence-electron chi connectivity index (χ4n) is 9.46. The van der Waals surface area contributed by atoms with Gasteiger partial charge < -0.3 is 30.3 Å². The highest BCUT2D eigenvalue weighted by molar-refractivity contribution is 5.82. The van der Waals surface area contributed by atoms with Gasteiger partial charge in [0.25, 0.3) is 0 Å². The first kappa shape index (κ1) is 55.2. The number of hydrogen-bond acceptors (Lipinski definition) is 11. The van der Waals surface area contributed by atoms with E-state index < -0.39 is 36.2 Å². The standard InChI is InChI=1S/C33H34N4O4.C22H25NO4.C6H5NO/c38-32(39)31(17-7-10-20-37(21-24-11-5-8-18-34-24)22-25-12-6-9-19-35-25)36-33(40)41-23-30-28-15-3-1-13-26(28)27-14-2-4-16-29(27)30;1-2-3-4-13-20(21(24)25)23-22(26)27-14-19-17-11-7-5-9-15(17)16-10-6-8-12-18(16)19;8-5-6-3-1-2-4-7-6/h1-6,8-9,11-16,18-19,30-31H,7,10,17,20-23H2,(H,36,40)(H,38,39);5-12,19-20H,2-4,13-14H2,1H3,(H,23,26)(H,24,25);1-5H. The number of rotatable bonds is 22. The minimum Gasteiger partial charge on any atom is -0.480 e. The summed E-state index contributed by atoms with van der Waals surface area (Å²) in [5.41, 5.74) is 11.5. The summed E-state index contributed by atoms with van der Waals surface area (Å²) >= 11 is 0. The Morgan fingerprint density at radius 3 is 1.25 bits per heavy atom. The Morgan fingerprint density at radius 2 is 0.908 bits per heavy atom. The lowest BCUT2D eigenvalue weighted by molar-refractivity contribution is -0.140. The van der Waals surface area contributed by atoms with E-state index in [0.717, 1.165) is 94.4 Å². The van der Waals surface area contributed by atoms with Gasteiger partial charge in [-0.1, -0.05) is 141 Å². The van der Waals surface area contributed by atoms with Crippen LogP contribution in [-0.4, -0.2) is 92.3 Å². The molecule has 0 aliphatic heterocycles. The maximum Gasteiger partial charge on any atom is 0.407 e. The summed E-state index contributed by atoms with van der Waals surface area (Å²) in [6.07, 6.45) is 9.27. The van der Waals surface area contributed by atoms with Crippen molar-refractivity contribution >= 4 is 30.4 Å². The van der Waals surface area contributed by atoms with E-state index in [1.807, 2.05) is 109 Å². The van der Waals surface area contributed by atoms with Crippen LogP contribution in [0, 0.1) is 0 Å². The van der Waals surface area contributed by atoms with Crippen molar-refractivity contribution in [3.63, 3.8) is 0 Å². The molecule has 0 radical (unpaired) electrons. The Morgan fingerprint density at radius 1 is 0.526 bits per heavy atom. The molecule has 392 valence electrons. The predicted octanol–water partition coefficient (Wildman–Crippen LogP) is 11.1.